The SMILES string of the molecule is CN(C)c1ncc(CN2CCC(N3CCC[C@@H](O)C3)CC2)cn1. The molecule has 2 aliphatic heterocycles. The van der Waals surface area contributed by atoms with Gasteiger partial charge in [0.2, 0.25) is 5.95 Å². The quantitative estimate of drug-likeness (QED) is 0.892. The normalized spacial score (nSPS) is 24.7. The number of nitrogens with zero attached hydrogens (tertiary/aromatic N) is 5. The Morgan fingerprint density at radius 3 is 2.43 bits per heavy atom. The van der Waals surface area contributed by atoms with Crippen molar-refractivity contribution in [1.82, 2.24) is 19.8 Å². The Kier molecular flexibility index (Phi) is 5.46. The molecule has 2 aliphatic rings. The zero-order chi connectivity index (χ0) is 16.2. The number of likely N-dealkylation sites (tertiary alicyclic amines) is 2. The van der Waals surface area contributed by atoms with Gasteiger partial charge in [0.25, 0.3) is 0 Å². The molecule has 6 nitrogen and oxygen atoms in total. The average molecular weight is 319 g/mol. The summed E-state index contributed by atoms with van der Waals surface area (Å²) in [7, 11) is 3.91. The summed E-state index contributed by atoms with van der Waals surface area (Å²) in [4.78, 5) is 15.7. The highest BCUT2D eigenvalue weighted by atomic mass is 16.3. The van der Waals surface area contributed by atoms with Crippen LogP contribution >= 0.6 is 0 Å². The lowest BCUT2D eigenvalue weighted by atomic mass is 9.99. The van der Waals surface area contributed by atoms with E-state index in [2.05, 4.69) is 19.8 Å². The van der Waals surface area contributed by atoms with Crippen LogP contribution in [-0.2, 0) is 6.54 Å². The van der Waals surface area contributed by atoms with Crippen LogP contribution in [0.3, 0.4) is 0 Å². The Morgan fingerprint density at radius 2 is 1.83 bits per heavy atom. The average Bonchev–Trinajstić information content (AvgIpc) is 2.56. The Morgan fingerprint density at radius 1 is 1.13 bits per heavy atom. The highest BCUT2D eigenvalue weighted by Crippen LogP contribution is 2.22. The summed E-state index contributed by atoms with van der Waals surface area (Å²) in [6, 6.07) is 0.647. The highest BCUT2D eigenvalue weighted by Gasteiger charge is 2.28. The monoisotopic (exact) mass is 319 g/mol. The predicted molar refractivity (Wildman–Crippen MR) is 91.5 cm³/mol. The second-order valence-corrected chi connectivity index (χ2v) is 7.08. The van der Waals surface area contributed by atoms with E-state index in [-0.39, 0.29) is 6.10 Å². The maximum absolute atomic E-state index is 9.85. The first-order chi connectivity index (χ1) is 11.1. The first kappa shape index (κ1) is 16.6. The largest absolute Gasteiger partial charge is 0.392 e. The molecule has 0 spiro atoms. The van der Waals surface area contributed by atoms with Crippen LogP contribution in [0.2, 0.25) is 0 Å². The fourth-order valence-corrected chi connectivity index (χ4v) is 3.68. The van der Waals surface area contributed by atoms with Gasteiger partial charge >= 0.3 is 0 Å². The van der Waals surface area contributed by atoms with Gasteiger partial charge in [0.15, 0.2) is 0 Å². The van der Waals surface area contributed by atoms with E-state index in [1.807, 2.05) is 31.4 Å². The summed E-state index contributed by atoms with van der Waals surface area (Å²) >= 11 is 0. The Labute approximate surface area is 139 Å². The predicted octanol–water partition coefficient (Wildman–Crippen LogP) is 0.964. The van der Waals surface area contributed by atoms with Crippen LogP contribution in [0.5, 0.6) is 0 Å². The van der Waals surface area contributed by atoms with Crippen LogP contribution in [0.4, 0.5) is 5.95 Å². The molecule has 0 aliphatic carbocycles. The van der Waals surface area contributed by atoms with Crippen molar-refractivity contribution in [3.8, 4) is 0 Å². The molecule has 1 aromatic rings. The molecule has 3 heterocycles. The Bertz CT molecular complexity index is 484. The zero-order valence-corrected chi connectivity index (χ0v) is 14.4. The number of hydrogen-bond acceptors (Lipinski definition) is 6. The molecule has 0 saturated carbocycles. The van der Waals surface area contributed by atoms with Gasteiger partial charge in [0, 0.05) is 51.2 Å². The third-order valence-electron chi connectivity index (χ3n) is 5.00. The molecular weight excluding hydrogens is 290 g/mol. The second-order valence-electron chi connectivity index (χ2n) is 7.08. The van der Waals surface area contributed by atoms with Crippen LogP contribution in [0.25, 0.3) is 0 Å². The summed E-state index contributed by atoms with van der Waals surface area (Å²) < 4.78 is 0. The van der Waals surface area contributed by atoms with Crippen molar-refractivity contribution >= 4 is 5.95 Å². The molecule has 128 valence electrons. The smallest absolute Gasteiger partial charge is 0.224 e. The molecule has 0 unspecified atom stereocenters. The molecular formula is C17H29N5O. The molecule has 0 amide bonds. The zero-order valence-electron chi connectivity index (χ0n) is 14.4. The van der Waals surface area contributed by atoms with Crippen LogP contribution in [0, 0.1) is 0 Å². The Balaban J connectivity index is 1.47. The lowest BCUT2D eigenvalue weighted by molar-refractivity contribution is 0.0243. The summed E-state index contributed by atoms with van der Waals surface area (Å²) in [6.45, 7) is 5.19. The van der Waals surface area contributed by atoms with E-state index < -0.39 is 0 Å². The van der Waals surface area contributed by atoms with Crippen molar-refractivity contribution in [3.05, 3.63) is 18.0 Å². The minimum atomic E-state index is -0.117. The third-order valence-corrected chi connectivity index (χ3v) is 5.00. The lowest BCUT2D eigenvalue weighted by Gasteiger charge is -2.41. The van der Waals surface area contributed by atoms with Gasteiger partial charge in [-0.3, -0.25) is 9.80 Å². The molecule has 3 rings (SSSR count). The molecule has 2 saturated heterocycles. The van der Waals surface area contributed by atoms with Gasteiger partial charge in [-0.1, -0.05) is 0 Å². The Hall–Kier alpha value is -1.24. The molecule has 0 bridgehead atoms. The number of rotatable bonds is 4. The van der Waals surface area contributed by atoms with Gasteiger partial charge in [0.05, 0.1) is 6.10 Å². The second kappa shape index (κ2) is 7.55. The van der Waals surface area contributed by atoms with Crippen molar-refractivity contribution in [3.63, 3.8) is 0 Å². The van der Waals surface area contributed by atoms with E-state index in [0.717, 1.165) is 51.5 Å². The van der Waals surface area contributed by atoms with Crippen LogP contribution in [0.1, 0.15) is 31.2 Å². The molecule has 23 heavy (non-hydrogen) atoms. The number of aliphatic hydroxyl groups is 1. The van der Waals surface area contributed by atoms with Gasteiger partial charge in [-0.25, -0.2) is 9.97 Å². The molecule has 2 fully saturated rings. The van der Waals surface area contributed by atoms with Crippen molar-refractivity contribution < 1.29 is 5.11 Å². The number of β-amino-alcohol motifs (C(OH)–C–C–N with tert-alkyl or cyclic N) is 1. The van der Waals surface area contributed by atoms with Gasteiger partial charge in [0.1, 0.15) is 0 Å². The lowest BCUT2D eigenvalue weighted by Crippen LogP contribution is -2.49. The molecule has 6 heteroatoms. The summed E-state index contributed by atoms with van der Waals surface area (Å²) in [5.41, 5.74) is 1.18. The van der Waals surface area contributed by atoms with Crippen LogP contribution in [-0.4, -0.2) is 77.3 Å². The molecule has 1 N–H and O–H groups in total. The molecule has 0 radical (unpaired) electrons. The summed E-state index contributed by atoms with van der Waals surface area (Å²) in [5, 5.41) is 9.85. The standard InChI is InChI=1S/C17H29N5O/c1-20(2)17-18-10-14(11-19-17)12-21-8-5-15(6-9-21)22-7-3-4-16(23)13-22/h10-11,15-16,23H,3-9,12-13H2,1-2H3/t16-/m1/s1. The first-order valence-electron chi connectivity index (χ1n) is 8.74. The van der Waals surface area contributed by atoms with E-state index in [9.17, 15) is 5.11 Å². The maximum Gasteiger partial charge on any atom is 0.224 e. The third kappa shape index (κ3) is 4.40. The molecule has 1 atom stereocenters. The van der Waals surface area contributed by atoms with Crippen LogP contribution < -0.4 is 4.90 Å². The maximum atomic E-state index is 9.85. The van der Waals surface area contributed by atoms with Gasteiger partial charge in [-0.05, 0) is 45.3 Å². The highest BCUT2D eigenvalue weighted by molar-refractivity contribution is 5.26. The number of aliphatic hydroxyl groups excluding tert-OH is 1. The van der Waals surface area contributed by atoms with Crippen molar-refractivity contribution in [1.29, 1.82) is 0 Å². The first-order valence-corrected chi connectivity index (χ1v) is 8.74. The van der Waals surface area contributed by atoms with E-state index >= 15 is 0 Å². The minimum Gasteiger partial charge on any atom is -0.392 e. The van der Waals surface area contributed by atoms with Gasteiger partial charge in [-0.15, -0.1) is 0 Å². The number of aromatic nitrogens is 2. The molecule has 1 aromatic heterocycles. The fourth-order valence-electron chi connectivity index (χ4n) is 3.68. The van der Waals surface area contributed by atoms with Gasteiger partial charge in [-0.2, -0.15) is 0 Å². The van der Waals surface area contributed by atoms with Crippen LogP contribution in [0.15, 0.2) is 12.4 Å². The van der Waals surface area contributed by atoms with E-state index in [1.54, 1.807) is 0 Å². The van der Waals surface area contributed by atoms with E-state index in [1.165, 1.54) is 18.4 Å². The number of anilines is 1. The summed E-state index contributed by atoms with van der Waals surface area (Å²) in [6.07, 6.45) is 8.27. The van der Waals surface area contributed by atoms with Crippen molar-refractivity contribution in [2.24, 2.45) is 0 Å². The van der Waals surface area contributed by atoms with E-state index in [0.29, 0.717) is 6.04 Å². The van der Waals surface area contributed by atoms with Crippen molar-refractivity contribution in [2.45, 2.75) is 44.4 Å². The van der Waals surface area contributed by atoms with Gasteiger partial charge < -0.3 is 10.0 Å². The summed E-state index contributed by atoms with van der Waals surface area (Å²) in [5.74, 6) is 0.760. The van der Waals surface area contributed by atoms with Crippen molar-refractivity contribution in [2.75, 3.05) is 45.2 Å². The molecule has 0 aromatic carbocycles. The number of hydrogen-bond donors (Lipinski definition) is 1. The van der Waals surface area contributed by atoms with E-state index in [4.69, 9.17) is 0 Å². The number of piperidine rings is 2. The fraction of sp³-hybridized carbons (Fsp3) is 0.765. The topological polar surface area (TPSA) is 55.7 Å². The minimum absolute atomic E-state index is 0.117.